The Balaban J connectivity index is 2.14. The number of nitrogens with one attached hydrogen (secondary N) is 1. The van der Waals surface area contributed by atoms with Crippen LogP contribution in [0.15, 0.2) is 0 Å². The van der Waals surface area contributed by atoms with Crippen LogP contribution in [0.4, 0.5) is 4.79 Å². The van der Waals surface area contributed by atoms with E-state index >= 15 is 0 Å². The molecule has 8 heavy (non-hydrogen) atoms. The smallest absolute Gasteiger partial charge is 0.404 e. The van der Waals surface area contributed by atoms with Crippen LogP contribution in [0.1, 0.15) is 6.42 Å². The summed E-state index contributed by atoms with van der Waals surface area (Å²) in [4.78, 5) is 9.77. The van der Waals surface area contributed by atoms with Crippen LogP contribution in [-0.4, -0.2) is 28.5 Å². The quantitative estimate of drug-likeness (QED) is 0.429. The van der Waals surface area contributed by atoms with Gasteiger partial charge in [0.05, 0.1) is 12.1 Å². The van der Waals surface area contributed by atoms with E-state index in [4.69, 9.17) is 10.2 Å². The maximum atomic E-state index is 9.77. The molecule has 0 aromatic carbocycles. The second-order valence-corrected chi connectivity index (χ2v) is 1.86. The van der Waals surface area contributed by atoms with Gasteiger partial charge in [0, 0.05) is 0 Å². The first-order chi connectivity index (χ1) is 3.70. The molecule has 1 amide bonds. The Morgan fingerprint density at radius 3 is 2.38 bits per heavy atom. The van der Waals surface area contributed by atoms with E-state index < -0.39 is 12.2 Å². The van der Waals surface area contributed by atoms with Crippen molar-refractivity contribution in [1.82, 2.24) is 5.32 Å². The van der Waals surface area contributed by atoms with Gasteiger partial charge in [0.1, 0.15) is 0 Å². The average molecular weight is 117 g/mol. The van der Waals surface area contributed by atoms with Gasteiger partial charge >= 0.3 is 6.09 Å². The Hall–Kier alpha value is -0.770. The zero-order valence-electron chi connectivity index (χ0n) is 4.16. The minimum Gasteiger partial charge on any atom is -0.465 e. The summed E-state index contributed by atoms with van der Waals surface area (Å²) in [6.45, 7) is 0. The first kappa shape index (κ1) is 5.37. The number of aliphatic hydroxyl groups is 1. The molecule has 1 aliphatic carbocycles. The number of carboxylic acid groups (broad SMARTS) is 1. The summed E-state index contributed by atoms with van der Waals surface area (Å²) in [5.74, 6) is 0. The van der Waals surface area contributed by atoms with Crippen molar-refractivity contribution in [3.05, 3.63) is 0 Å². The van der Waals surface area contributed by atoms with Crippen LogP contribution in [0, 0.1) is 0 Å². The molecule has 4 heteroatoms. The van der Waals surface area contributed by atoms with Crippen molar-refractivity contribution >= 4 is 6.09 Å². The molecule has 3 N–H and O–H groups in total. The Bertz CT molecular complexity index is 114. The first-order valence-electron chi connectivity index (χ1n) is 2.37. The highest BCUT2D eigenvalue weighted by molar-refractivity contribution is 5.65. The third-order valence-corrected chi connectivity index (χ3v) is 1.07. The lowest BCUT2D eigenvalue weighted by Gasteiger charge is -1.92. The number of amides is 1. The van der Waals surface area contributed by atoms with Crippen molar-refractivity contribution < 1.29 is 15.0 Å². The molecular formula is C4H7NO3. The van der Waals surface area contributed by atoms with Gasteiger partial charge in [0.15, 0.2) is 0 Å². The SMILES string of the molecule is O=C(O)N[C@@H]1C[C@H]1O. The highest BCUT2D eigenvalue weighted by Gasteiger charge is 2.36. The zero-order chi connectivity index (χ0) is 6.15. The zero-order valence-corrected chi connectivity index (χ0v) is 4.16. The van der Waals surface area contributed by atoms with Gasteiger partial charge in [-0.15, -0.1) is 0 Å². The molecule has 1 aliphatic rings. The molecule has 1 fully saturated rings. The summed E-state index contributed by atoms with van der Waals surface area (Å²) in [7, 11) is 0. The predicted octanol–water partition coefficient (Wildman–Crippen LogP) is -0.613. The molecule has 1 rings (SSSR count). The van der Waals surface area contributed by atoms with E-state index in [2.05, 4.69) is 5.32 Å². The van der Waals surface area contributed by atoms with Crippen LogP contribution in [0.2, 0.25) is 0 Å². The minimum absolute atomic E-state index is 0.201. The van der Waals surface area contributed by atoms with E-state index in [1.165, 1.54) is 0 Å². The maximum Gasteiger partial charge on any atom is 0.404 e. The molecule has 0 heterocycles. The van der Waals surface area contributed by atoms with Crippen molar-refractivity contribution in [2.75, 3.05) is 0 Å². The van der Waals surface area contributed by atoms with E-state index in [9.17, 15) is 4.79 Å². The molecule has 0 spiro atoms. The van der Waals surface area contributed by atoms with Gasteiger partial charge in [0.2, 0.25) is 0 Å². The monoisotopic (exact) mass is 117 g/mol. The van der Waals surface area contributed by atoms with E-state index in [-0.39, 0.29) is 6.04 Å². The molecule has 46 valence electrons. The van der Waals surface area contributed by atoms with E-state index in [0.29, 0.717) is 6.42 Å². The van der Waals surface area contributed by atoms with Crippen molar-refractivity contribution in [3.63, 3.8) is 0 Å². The molecule has 0 aromatic rings. The van der Waals surface area contributed by atoms with E-state index in [1.807, 2.05) is 0 Å². The van der Waals surface area contributed by atoms with Crippen LogP contribution in [0.25, 0.3) is 0 Å². The molecule has 0 aliphatic heterocycles. The normalized spacial score (nSPS) is 34.1. The summed E-state index contributed by atoms with van der Waals surface area (Å²) in [5.41, 5.74) is 0. The Kier molecular flexibility index (Phi) is 1.09. The topological polar surface area (TPSA) is 69.6 Å². The molecule has 2 atom stereocenters. The number of rotatable bonds is 1. The summed E-state index contributed by atoms with van der Waals surface area (Å²) >= 11 is 0. The summed E-state index contributed by atoms with van der Waals surface area (Å²) in [5, 5.41) is 18.7. The van der Waals surface area contributed by atoms with Gasteiger partial charge in [-0.25, -0.2) is 4.79 Å². The number of hydrogen-bond donors (Lipinski definition) is 3. The molecule has 4 nitrogen and oxygen atoms in total. The van der Waals surface area contributed by atoms with Gasteiger partial charge in [-0.05, 0) is 6.42 Å². The fourth-order valence-electron chi connectivity index (χ4n) is 0.495. The minimum atomic E-state index is -1.06. The van der Waals surface area contributed by atoms with Crippen LogP contribution in [0.3, 0.4) is 0 Å². The Labute approximate surface area is 46.1 Å². The lowest BCUT2D eigenvalue weighted by atomic mass is 10.7. The van der Waals surface area contributed by atoms with Crippen molar-refractivity contribution in [2.45, 2.75) is 18.6 Å². The highest BCUT2D eigenvalue weighted by atomic mass is 16.4. The maximum absolute atomic E-state index is 9.77. The highest BCUT2D eigenvalue weighted by Crippen LogP contribution is 2.19. The number of hydrogen-bond acceptors (Lipinski definition) is 2. The van der Waals surface area contributed by atoms with Gasteiger partial charge in [0.25, 0.3) is 0 Å². The van der Waals surface area contributed by atoms with Gasteiger partial charge in [-0.2, -0.15) is 0 Å². The summed E-state index contributed by atoms with van der Waals surface area (Å²) < 4.78 is 0. The van der Waals surface area contributed by atoms with Crippen LogP contribution < -0.4 is 5.32 Å². The predicted molar refractivity (Wildman–Crippen MR) is 25.6 cm³/mol. The molecule has 0 radical (unpaired) electrons. The fourth-order valence-corrected chi connectivity index (χ4v) is 0.495. The number of carbonyl (C=O) groups is 1. The van der Waals surface area contributed by atoms with E-state index in [1.54, 1.807) is 0 Å². The Morgan fingerprint density at radius 1 is 1.75 bits per heavy atom. The third kappa shape index (κ3) is 1.10. The van der Waals surface area contributed by atoms with E-state index in [0.717, 1.165) is 0 Å². The standard InChI is InChI=1S/C4H7NO3/c6-3-1-2(3)5-4(7)8/h2-3,5-6H,1H2,(H,7,8)/t2-,3-/m1/s1. The molecule has 0 saturated heterocycles. The molecule has 0 aromatic heterocycles. The largest absolute Gasteiger partial charge is 0.465 e. The van der Waals surface area contributed by atoms with Crippen LogP contribution >= 0.6 is 0 Å². The lowest BCUT2D eigenvalue weighted by molar-refractivity contribution is 0.189. The lowest BCUT2D eigenvalue weighted by Crippen LogP contribution is -2.25. The summed E-state index contributed by atoms with van der Waals surface area (Å²) in [6.07, 6.45) is -0.940. The summed E-state index contributed by atoms with van der Waals surface area (Å²) in [6, 6.07) is -0.201. The molecule has 1 saturated carbocycles. The second-order valence-electron chi connectivity index (χ2n) is 1.86. The van der Waals surface area contributed by atoms with Crippen molar-refractivity contribution in [2.24, 2.45) is 0 Å². The number of aliphatic hydroxyl groups excluding tert-OH is 1. The average Bonchev–Trinajstić information content (AvgIpc) is 2.17. The molecule has 0 unspecified atom stereocenters. The first-order valence-corrected chi connectivity index (χ1v) is 2.37. The third-order valence-electron chi connectivity index (χ3n) is 1.07. The molecule has 0 bridgehead atoms. The van der Waals surface area contributed by atoms with Crippen molar-refractivity contribution in [3.8, 4) is 0 Å². The van der Waals surface area contributed by atoms with Crippen LogP contribution in [-0.2, 0) is 0 Å². The fraction of sp³-hybridized carbons (Fsp3) is 0.750. The van der Waals surface area contributed by atoms with Crippen molar-refractivity contribution in [1.29, 1.82) is 0 Å². The Morgan fingerprint density at radius 2 is 2.25 bits per heavy atom. The van der Waals surface area contributed by atoms with Gasteiger partial charge < -0.3 is 15.5 Å². The van der Waals surface area contributed by atoms with Gasteiger partial charge in [-0.3, -0.25) is 0 Å². The molecular weight excluding hydrogens is 110 g/mol. The van der Waals surface area contributed by atoms with Crippen LogP contribution in [0.5, 0.6) is 0 Å². The second kappa shape index (κ2) is 1.63. The van der Waals surface area contributed by atoms with Gasteiger partial charge in [-0.1, -0.05) is 0 Å².